The van der Waals surface area contributed by atoms with E-state index in [-0.39, 0.29) is 17.9 Å². The summed E-state index contributed by atoms with van der Waals surface area (Å²) in [7, 11) is 0. The molecule has 0 aliphatic carbocycles. The van der Waals surface area contributed by atoms with E-state index in [0.717, 1.165) is 12.0 Å². The second-order valence-electron chi connectivity index (χ2n) is 5.84. The number of benzene rings is 1. The van der Waals surface area contributed by atoms with Crippen LogP contribution in [-0.2, 0) is 16.1 Å². The van der Waals surface area contributed by atoms with Crippen LogP contribution in [-0.4, -0.2) is 28.3 Å². The molecule has 20 heavy (non-hydrogen) atoms. The van der Waals surface area contributed by atoms with Crippen molar-refractivity contribution < 1.29 is 9.59 Å². The summed E-state index contributed by atoms with van der Waals surface area (Å²) in [6.45, 7) is 6.03. The summed E-state index contributed by atoms with van der Waals surface area (Å²) >= 11 is 0. The predicted octanol–water partition coefficient (Wildman–Crippen LogP) is 2.09. The molecule has 0 saturated carbocycles. The first kappa shape index (κ1) is 14.6. The molecule has 1 heterocycles. The molecule has 1 aliphatic rings. The molecule has 1 N–H and O–H groups in total. The first-order valence-corrected chi connectivity index (χ1v) is 7.12. The van der Waals surface area contributed by atoms with E-state index in [4.69, 9.17) is 0 Å². The molecular weight excluding hydrogens is 252 g/mol. The zero-order valence-electron chi connectivity index (χ0n) is 12.3. The normalized spacial score (nSPS) is 21.8. The van der Waals surface area contributed by atoms with Crippen molar-refractivity contribution >= 4 is 11.8 Å². The van der Waals surface area contributed by atoms with Crippen LogP contribution in [0.15, 0.2) is 30.3 Å². The Morgan fingerprint density at radius 2 is 1.85 bits per heavy atom. The van der Waals surface area contributed by atoms with Crippen LogP contribution in [0.4, 0.5) is 0 Å². The van der Waals surface area contributed by atoms with Crippen LogP contribution in [0.3, 0.4) is 0 Å². The van der Waals surface area contributed by atoms with Gasteiger partial charge in [-0.2, -0.15) is 0 Å². The number of amides is 2. The average molecular weight is 274 g/mol. The summed E-state index contributed by atoms with van der Waals surface area (Å²) in [4.78, 5) is 26.6. The van der Waals surface area contributed by atoms with Crippen molar-refractivity contribution in [1.82, 2.24) is 10.2 Å². The Morgan fingerprint density at radius 3 is 2.45 bits per heavy atom. The van der Waals surface area contributed by atoms with Gasteiger partial charge in [-0.1, -0.05) is 43.7 Å². The zero-order valence-corrected chi connectivity index (χ0v) is 12.3. The van der Waals surface area contributed by atoms with E-state index < -0.39 is 5.54 Å². The fourth-order valence-electron chi connectivity index (χ4n) is 2.61. The Kier molecular flexibility index (Phi) is 4.12. The van der Waals surface area contributed by atoms with E-state index in [1.165, 1.54) is 0 Å². The Hall–Kier alpha value is -1.84. The van der Waals surface area contributed by atoms with E-state index >= 15 is 0 Å². The Bertz CT molecular complexity index is 496. The maximum atomic E-state index is 12.6. The van der Waals surface area contributed by atoms with Crippen LogP contribution in [0.5, 0.6) is 0 Å². The lowest BCUT2D eigenvalue weighted by Crippen LogP contribution is -2.67. The highest BCUT2D eigenvalue weighted by Gasteiger charge is 2.44. The van der Waals surface area contributed by atoms with Gasteiger partial charge in [0, 0.05) is 6.54 Å². The number of nitrogens with one attached hydrogen (secondary N) is 1. The lowest BCUT2D eigenvalue weighted by atomic mass is 9.94. The predicted molar refractivity (Wildman–Crippen MR) is 77.9 cm³/mol. The summed E-state index contributed by atoms with van der Waals surface area (Å²) in [6, 6.07) is 9.45. The topological polar surface area (TPSA) is 49.4 Å². The van der Waals surface area contributed by atoms with Gasteiger partial charge in [0.15, 0.2) is 0 Å². The van der Waals surface area contributed by atoms with Crippen LogP contribution < -0.4 is 5.32 Å². The van der Waals surface area contributed by atoms with Crippen molar-refractivity contribution in [3.63, 3.8) is 0 Å². The molecule has 4 heteroatoms. The average Bonchev–Trinajstić information content (AvgIpc) is 2.41. The second kappa shape index (κ2) is 5.65. The molecule has 0 aromatic heterocycles. The molecule has 2 amide bonds. The van der Waals surface area contributed by atoms with Crippen molar-refractivity contribution in [2.75, 3.05) is 0 Å². The third-order valence-electron chi connectivity index (χ3n) is 3.67. The van der Waals surface area contributed by atoms with Gasteiger partial charge in [0.2, 0.25) is 11.8 Å². The summed E-state index contributed by atoms with van der Waals surface area (Å²) in [5.41, 5.74) is 0.225. The summed E-state index contributed by atoms with van der Waals surface area (Å²) in [5, 5.41) is 2.83. The highest BCUT2D eigenvalue weighted by molar-refractivity contribution is 5.99. The molecule has 1 aliphatic heterocycles. The van der Waals surface area contributed by atoms with E-state index in [0.29, 0.717) is 13.0 Å². The third-order valence-corrected chi connectivity index (χ3v) is 3.67. The summed E-state index contributed by atoms with van der Waals surface area (Å²) in [5.74, 6) is -0.0632. The molecule has 0 spiro atoms. The van der Waals surface area contributed by atoms with Crippen LogP contribution in [0.2, 0.25) is 0 Å². The lowest BCUT2D eigenvalue weighted by Gasteiger charge is -2.43. The molecule has 1 aromatic carbocycles. The number of hydrogen-bond donors (Lipinski definition) is 1. The molecule has 1 unspecified atom stereocenters. The monoisotopic (exact) mass is 274 g/mol. The summed E-state index contributed by atoms with van der Waals surface area (Å²) in [6.07, 6.45) is 1.57. The van der Waals surface area contributed by atoms with Gasteiger partial charge in [0.25, 0.3) is 0 Å². The molecule has 1 saturated heterocycles. The number of nitrogens with zero attached hydrogens (tertiary/aromatic N) is 1. The molecule has 0 radical (unpaired) electrons. The minimum Gasteiger partial charge on any atom is -0.340 e. The van der Waals surface area contributed by atoms with Crippen molar-refractivity contribution in [3.05, 3.63) is 35.9 Å². The van der Waals surface area contributed by atoms with Crippen LogP contribution in [0.1, 0.15) is 39.2 Å². The SMILES string of the molecule is CCCC1C(=O)NC(C)(C)C(=O)N1Cc1ccccc1. The summed E-state index contributed by atoms with van der Waals surface area (Å²) < 4.78 is 0. The molecule has 1 fully saturated rings. The van der Waals surface area contributed by atoms with Gasteiger partial charge in [0.05, 0.1) is 0 Å². The molecule has 0 bridgehead atoms. The molecular formula is C16H22N2O2. The maximum absolute atomic E-state index is 12.6. The van der Waals surface area contributed by atoms with Gasteiger partial charge >= 0.3 is 0 Å². The van der Waals surface area contributed by atoms with Crippen LogP contribution in [0.25, 0.3) is 0 Å². The number of hydrogen-bond acceptors (Lipinski definition) is 2. The minimum absolute atomic E-state index is 0.0144. The number of carbonyl (C=O) groups excluding carboxylic acids is 2. The number of carbonyl (C=O) groups is 2. The minimum atomic E-state index is -0.823. The fraction of sp³-hybridized carbons (Fsp3) is 0.500. The first-order valence-electron chi connectivity index (χ1n) is 7.12. The van der Waals surface area contributed by atoms with Crippen molar-refractivity contribution in [2.24, 2.45) is 0 Å². The van der Waals surface area contributed by atoms with E-state index in [1.807, 2.05) is 37.3 Å². The van der Waals surface area contributed by atoms with E-state index in [2.05, 4.69) is 5.32 Å². The number of rotatable bonds is 4. The smallest absolute Gasteiger partial charge is 0.248 e. The second-order valence-corrected chi connectivity index (χ2v) is 5.84. The van der Waals surface area contributed by atoms with E-state index in [9.17, 15) is 9.59 Å². The van der Waals surface area contributed by atoms with Gasteiger partial charge in [-0.05, 0) is 25.8 Å². The van der Waals surface area contributed by atoms with Gasteiger partial charge in [-0.15, -0.1) is 0 Å². The Labute approximate surface area is 120 Å². The van der Waals surface area contributed by atoms with Gasteiger partial charge in [0.1, 0.15) is 11.6 Å². The quantitative estimate of drug-likeness (QED) is 0.914. The molecule has 1 aromatic rings. The van der Waals surface area contributed by atoms with Crippen LogP contribution >= 0.6 is 0 Å². The third kappa shape index (κ3) is 2.84. The Morgan fingerprint density at radius 1 is 1.20 bits per heavy atom. The highest BCUT2D eigenvalue weighted by atomic mass is 16.2. The largest absolute Gasteiger partial charge is 0.340 e. The molecule has 108 valence electrons. The maximum Gasteiger partial charge on any atom is 0.248 e. The highest BCUT2D eigenvalue weighted by Crippen LogP contribution is 2.23. The Balaban J connectivity index is 2.27. The lowest BCUT2D eigenvalue weighted by molar-refractivity contribution is -0.154. The molecule has 1 atom stereocenters. The van der Waals surface area contributed by atoms with Gasteiger partial charge < -0.3 is 10.2 Å². The van der Waals surface area contributed by atoms with Crippen molar-refractivity contribution in [2.45, 2.75) is 51.7 Å². The molecule has 4 nitrogen and oxygen atoms in total. The van der Waals surface area contributed by atoms with Crippen molar-refractivity contribution in [3.8, 4) is 0 Å². The van der Waals surface area contributed by atoms with Crippen LogP contribution in [0, 0.1) is 0 Å². The van der Waals surface area contributed by atoms with E-state index in [1.54, 1.807) is 18.7 Å². The molecule has 2 rings (SSSR count). The number of piperazine rings is 1. The zero-order chi connectivity index (χ0) is 14.8. The van der Waals surface area contributed by atoms with Crippen molar-refractivity contribution in [1.29, 1.82) is 0 Å². The fourth-order valence-corrected chi connectivity index (χ4v) is 2.61. The van der Waals surface area contributed by atoms with Gasteiger partial charge in [-0.3, -0.25) is 9.59 Å². The van der Waals surface area contributed by atoms with Gasteiger partial charge in [-0.25, -0.2) is 0 Å². The first-order chi connectivity index (χ1) is 9.45. The standard InChI is InChI=1S/C16H22N2O2/c1-4-8-13-14(19)17-16(2,3)15(20)18(13)11-12-9-6-5-7-10-12/h5-7,9-10,13H,4,8,11H2,1-3H3,(H,17,19).